The molecule has 8 heteroatoms. The SMILES string of the molecule is CCS(=O)(=O)[C@@H](CO)C(=O)c1ccc([N+](=O)[O-])cc1. The van der Waals surface area contributed by atoms with Crippen LogP contribution in [0.4, 0.5) is 5.69 Å². The van der Waals surface area contributed by atoms with Gasteiger partial charge in [0.15, 0.2) is 15.6 Å². The van der Waals surface area contributed by atoms with Gasteiger partial charge in [-0.1, -0.05) is 6.92 Å². The summed E-state index contributed by atoms with van der Waals surface area (Å²) in [6, 6.07) is 4.57. The van der Waals surface area contributed by atoms with Crippen LogP contribution in [0.2, 0.25) is 0 Å². The van der Waals surface area contributed by atoms with Gasteiger partial charge in [0, 0.05) is 23.4 Å². The molecular weight excluding hydrogens is 274 g/mol. The van der Waals surface area contributed by atoms with Crippen LogP contribution in [0.15, 0.2) is 24.3 Å². The summed E-state index contributed by atoms with van der Waals surface area (Å²) in [4.78, 5) is 21.8. The molecule has 7 nitrogen and oxygen atoms in total. The first-order valence-corrected chi connectivity index (χ1v) is 7.16. The lowest BCUT2D eigenvalue weighted by atomic mass is 10.1. The summed E-state index contributed by atoms with van der Waals surface area (Å²) in [5.74, 6) is -1.03. The Morgan fingerprint density at radius 3 is 2.26 bits per heavy atom. The highest BCUT2D eigenvalue weighted by Gasteiger charge is 2.31. The lowest BCUT2D eigenvalue weighted by Gasteiger charge is -2.12. The lowest BCUT2D eigenvalue weighted by molar-refractivity contribution is -0.384. The Kier molecular flexibility index (Phi) is 4.73. The Bertz CT molecular complexity index is 578. The second-order valence-electron chi connectivity index (χ2n) is 3.79. The molecule has 0 aliphatic carbocycles. The number of ketones is 1. The average Bonchev–Trinajstić information content (AvgIpc) is 2.39. The summed E-state index contributed by atoms with van der Waals surface area (Å²) in [5.41, 5.74) is -0.183. The van der Waals surface area contributed by atoms with E-state index in [1.54, 1.807) is 0 Å². The third kappa shape index (κ3) is 3.36. The smallest absolute Gasteiger partial charge is 0.269 e. The lowest BCUT2D eigenvalue weighted by Crippen LogP contribution is -2.35. The Morgan fingerprint density at radius 1 is 1.37 bits per heavy atom. The predicted octanol–water partition coefficient (Wildman–Crippen LogP) is 0.573. The summed E-state index contributed by atoms with van der Waals surface area (Å²) in [6.07, 6.45) is 0. The highest BCUT2D eigenvalue weighted by molar-refractivity contribution is 7.92. The maximum Gasteiger partial charge on any atom is 0.269 e. The molecule has 0 spiro atoms. The number of benzene rings is 1. The summed E-state index contributed by atoms with van der Waals surface area (Å²) >= 11 is 0. The first-order chi connectivity index (χ1) is 8.83. The first kappa shape index (κ1) is 15.3. The molecule has 0 radical (unpaired) electrons. The van der Waals surface area contributed by atoms with Gasteiger partial charge in [0.25, 0.3) is 5.69 Å². The number of nitrogens with zero attached hydrogens (tertiary/aromatic N) is 1. The minimum atomic E-state index is -3.72. The average molecular weight is 287 g/mol. The van der Waals surface area contributed by atoms with Crippen LogP contribution in [-0.4, -0.2) is 41.8 Å². The first-order valence-electron chi connectivity index (χ1n) is 5.44. The summed E-state index contributed by atoms with van der Waals surface area (Å²) in [7, 11) is -3.72. The zero-order valence-electron chi connectivity index (χ0n) is 10.1. The molecular formula is C11H13NO6S. The van der Waals surface area contributed by atoms with Gasteiger partial charge in [-0.2, -0.15) is 0 Å². The number of carbonyl (C=O) groups excluding carboxylic acids is 1. The number of sulfone groups is 1. The normalized spacial score (nSPS) is 12.9. The molecule has 0 bridgehead atoms. The number of non-ortho nitro benzene ring substituents is 1. The summed E-state index contributed by atoms with van der Waals surface area (Å²) in [6.45, 7) is 0.563. The van der Waals surface area contributed by atoms with E-state index in [2.05, 4.69) is 0 Å². The van der Waals surface area contributed by atoms with Crippen LogP contribution >= 0.6 is 0 Å². The maximum atomic E-state index is 12.0. The molecule has 19 heavy (non-hydrogen) atoms. The van der Waals surface area contributed by atoms with Crippen molar-refractivity contribution in [3.8, 4) is 0 Å². The molecule has 0 saturated carbocycles. The van der Waals surface area contributed by atoms with E-state index >= 15 is 0 Å². The Labute approximate surface area is 109 Å². The number of aliphatic hydroxyl groups is 1. The van der Waals surface area contributed by atoms with Gasteiger partial charge in [-0.05, 0) is 12.1 Å². The van der Waals surface area contributed by atoms with E-state index in [9.17, 15) is 23.3 Å². The number of hydrogen-bond acceptors (Lipinski definition) is 6. The van der Waals surface area contributed by atoms with Gasteiger partial charge in [0.05, 0.1) is 11.5 Å². The van der Waals surface area contributed by atoms with Crippen LogP contribution in [0.25, 0.3) is 0 Å². The standard InChI is InChI=1S/C11H13NO6S/c1-2-19(17,18)10(7-13)11(14)8-3-5-9(6-4-8)12(15)16/h3-6,10,13H,2,7H2,1H3/t10-/m0/s1. The van der Waals surface area contributed by atoms with E-state index in [1.165, 1.54) is 19.1 Å². The van der Waals surface area contributed by atoms with Gasteiger partial charge < -0.3 is 5.11 Å². The largest absolute Gasteiger partial charge is 0.395 e. The van der Waals surface area contributed by atoms with Crippen molar-refractivity contribution >= 4 is 21.3 Å². The zero-order chi connectivity index (χ0) is 14.6. The van der Waals surface area contributed by atoms with E-state index in [4.69, 9.17) is 5.11 Å². The van der Waals surface area contributed by atoms with Crippen LogP contribution < -0.4 is 0 Å². The number of rotatable bonds is 6. The van der Waals surface area contributed by atoms with Gasteiger partial charge in [-0.3, -0.25) is 14.9 Å². The molecule has 1 rings (SSSR count). The monoisotopic (exact) mass is 287 g/mol. The third-order valence-electron chi connectivity index (χ3n) is 2.66. The van der Waals surface area contributed by atoms with E-state index in [0.717, 1.165) is 12.1 Å². The highest BCUT2D eigenvalue weighted by atomic mass is 32.2. The molecule has 1 N–H and O–H groups in total. The maximum absolute atomic E-state index is 12.0. The van der Waals surface area contributed by atoms with E-state index in [1.807, 2.05) is 0 Å². The van der Waals surface area contributed by atoms with Gasteiger partial charge in [-0.15, -0.1) is 0 Å². The predicted molar refractivity (Wildman–Crippen MR) is 67.8 cm³/mol. The summed E-state index contributed by atoms with van der Waals surface area (Å²) < 4.78 is 23.3. The summed E-state index contributed by atoms with van der Waals surface area (Å²) in [5, 5.41) is 18.0. The molecule has 0 saturated heterocycles. The van der Waals surface area contributed by atoms with Crippen molar-refractivity contribution in [2.24, 2.45) is 0 Å². The molecule has 1 aromatic rings. The van der Waals surface area contributed by atoms with Crippen molar-refractivity contribution in [2.75, 3.05) is 12.4 Å². The highest BCUT2D eigenvalue weighted by Crippen LogP contribution is 2.16. The fraction of sp³-hybridized carbons (Fsp3) is 0.364. The number of carbonyl (C=O) groups is 1. The van der Waals surface area contributed by atoms with Gasteiger partial charge in [0.1, 0.15) is 5.25 Å². The molecule has 1 atom stereocenters. The molecule has 0 aromatic heterocycles. The fourth-order valence-corrected chi connectivity index (χ4v) is 2.59. The van der Waals surface area contributed by atoms with E-state index in [0.29, 0.717) is 0 Å². The molecule has 0 fully saturated rings. The van der Waals surface area contributed by atoms with Gasteiger partial charge in [0.2, 0.25) is 0 Å². The number of aliphatic hydroxyl groups excluding tert-OH is 1. The Balaban J connectivity index is 3.08. The van der Waals surface area contributed by atoms with Crippen LogP contribution in [0.5, 0.6) is 0 Å². The van der Waals surface area contributed by atoms with Crippen molar-refractivity contribution in [1.82, 2.24) is 0 Å². The third-order valence-corrected chi connectivity index (χ3v) is 4.69. The molecule has 104 valence electrons. The molecule has 0 heterocycles. The number of Topliss-reactive ketones (excluding diaryl/α,β-unsaturated/α-hetero) is 1. The van der Waals surface area contributed by atoms with Crippen molar-refractivity contribution in [3.05, 3.63) is 39.9 Å². The van der Waals surface area contributed by atoms with Gasteiger partial charge in [-0.25, -0.2) is 8.42 Å². The minimum absolute atomic E-state index is 0.0154. The Hall–Kier alpha value is -1.80. The number of nitro benzene ring substituents is 1. The van der Waals surface area contributed by atoms with Crippen molar-refractivity contribution in [3.63, 3.8) is 0 Å². The molecule has 0 unspecified atom stereocenters. The number of hydrogen-bond donors (Lipinski definition) is 1. The van der Waals surface area contributed by atoms with Gasteiger partial charge >= 0.3 is 0 Å². The Morgan fingerprint density at radius 2 is 1.89 bits per heavy atom. The molecule has 0 aliphatic heterocycles. The van der Waals surface area contributed by atoms with Crippen molar-refractivity contribution < 1.29 is 23.2 Å². The zero-order valence-corrected chi connectivity index (χ0v) is 11.0. The second-order valence-corrected chi connectivity index (χ2v) is 6.26. The van der Waals surface area contributed by atoms with Crippen LogP contribution in [0, 0.1) is 10.1 Å². The van der Waals surface area contributed by atoms with Crippen LogP contribution in [0.3, 0.4) is 0 Å². The quantitative estimate of drug-likeness (QED) is 0.465. The molecule has 0 aliphatic rings. The second kappa shape index (κ2) is 5.89. The van der Waals surface area contributed by atoms with Crippen molar-refractivity contribution in [2.45, 2.75) is 12.2 Å². The van der Waals surface area contributed by atoms with Crippen molar-refractivity contribution in [1.29, 1.82) is 0 Å². The number of nitro groups is 1. The van der Waals surface area contributed by atoms with E-state index in [-0.39, 0.29) is 17.0 Å². The fourth-order valence-electron chi connectivity index (χ4n) is 1.49. The van der Waals surface area contributed by atoms with Crippen LogP contribution in [0.1, 0.15) is 17.3 Å². The topological polar surface area (TPSA) is 115 Å². The molecule has 1 aromatic carbocycles. The van der Waals surface area contributed by atoms with E-state index < -0.39 is 32.4 Å². The van der Waals surface area contributed by atoms with Crippen LogP contribution in [-0.2, 0) is 9.84 Å². The minimum Gasteiger partial charge on any atom is -0.395 e. The molecule has 0 amide bonds.